The molecule has 0 unspecified atom stereocenters. The van der Waals surface area contributed by atoms with Crippen molar-refractivity contribution in [1.29, 1.82) is 0 Å². The Bertz CT molecular complexity index is 492. The highest BCUT2D eigenvalue weighted by Gasteiger charge is 2.12. The summed E-state index contributed by atoms with van der Waals surface area (Å²) in [4.78, 5) is 4.31. The van der Waals surface area contributed by atoms with Crippen LogP contribution in [0.4, 0.5) is 0 Å². The molecule has 0 bridgehead atoms. The van der Waals surface area contributed by atoms with E-state index in [1.54, 1.807) is 6.20 Å². The zero-order chi connectivity index (χ0) is 12.3. The average molecular weight is 233 g/mol. The average Bonchev–Trinajstić information content (AvgIpc) is 2.70. The Kier molecular flexibility index (Phi) is 3.61. The molecule has 0 saturated heterocycles. The Morgan fingerprint density at radius 2 is 2.29 bits per heavy atom. The van der Waals surface area contributed by atoms with Gasteiger partial charge in [0.25, 0.3) is 0 Å². The van der Waals surface area contributed by atoms with Crippen molar-refractivity contribution >= 4 is 10.9 Å². The quantitative estimate of drug-likeness (QED) is 0.862. The number of aryl methyl sites for hydroxylation is 1. The molecule has 2 heterocycles. The minimum atomic E-state index is 0.197. The van der Waals surface area contributed by atoms with Crippen molar-refractivity contribution in [3.8, 4) is 5.88 Å². The number of hydrogen-bond donors (Lipinski definition) is 1. The maximum Gasteiger partial charge on any atom is 0.225 e. The largest absolute Gasteiger partial charge is 0.474 e. The highest BCUT2D eigenvalue weighted by Crippen LogP contribution is 2.25. The van der Waals surface area contributed by atoms with Crippen molar-refractivity contribution < 1.29 is 4.74 Å². The maximum absolute atomic E-state index is 5.90. The van der Waals surface area contributed by atoms with E-state index in [1.807, 2.05) is 13.0 Å². The van der Waals surface area contributed by atoms with Crippen LogP contribution in [0.5, 0.6) is 5.88 Å². The molecular weight excluding hydrogens is 214 g/mol. The predicted octanol–water partition coefficient (Wildman–Crippen LogP) is 3.22. The lowest BCUT2D eigenvalue weighted by molar-refractivity contribution is 0.202. The third kappa shape index (κ3) is 2.57. The van der Waals surface area contributed by atoms with Crippen LogP contribution in [0, 0.1) is 6.92 Å². The normalized spacial score (nSPS) is 12.9. The van der Waals surface area contributed by atoms with Gasteiger partial charge in [0.1, 0.15) is 0 Å². The molecule has 92 valence electrons. The molecule has 0 aliphatic carbocycles. The summed E-state index contributed by atoms with van der Waals surface area (Å²) in [5.41, 5.74) is 1.92. The molecule has 0 spiro atoms. The molecule has 0 saturated carbocycles. The Morgan fingerprint density at radius 1 is 1.47 bits per heavy atom. The van der Waals surface area contributed by atoms with Crippen LogP contribution in [0.15, 0.2) is 12.3 Å². The molecule has 4 nitrogen and oxygen atoms in total. The number of nitrogens with zero attached hydrogens (tertiary/aromatic N) is 2. The van der Waals surface area contributed by atoms with Gasteiger partial charge in [-0.1, -0.05) is 19.8 Å². The van der Waals surface area contributed by atoms with Crippen molar-refractivity contribution in [2.45, 2.75) is 46.1 Å². The number of unbranched alkanes of at least 4 members (excludes halogenated alkanes) is 1. The van der Waals surface area contributed by atoms with Crippen molar-refractivity contribution in [2.24, 2.45) is 0 Å². The van der Waals surface area contributed by atoms with Crippen molar-refractivity contribution in [1.82, 2.24) is 15.2 Å². The summed E-state index contributed by atoms with van der Waals surface area (Å²) in [5, 5.41) is 8.16. The van der Waals surface area contributed by atoms with E-state index in [0.29, 0.717) is 5.88 Å². The topological polar surface area (TPSA) is 50.8 Å². The molecule has 2 aromatic heterocycles. The van der Waals surface area contributed by atoms with Gasteiger partial charge >= 0.3 is 0 Å². The summed E-state index contributed by atoms with van der Waals surface area (Å²) in [7, 11) is 0. The Labute approximate surface area is 101 Å². The van der Waals surface area contributed by atoms with Crippen LogP contribution >= 0.6 is 0 Å². The number of nitrogens with one attached hydrogen (secondary N) is 1. The number of H-pyrrole nitrogens is 1. The second kappa shape index (κ2) is 5.17. The molecule has 0 amide bonds. The first-order valence-corrected chi connectivity index (χ1v) is 6.18. The predicted molar refractivity (Wildman–Crippen MR) is 68.2 cm³/mol. The molecule has 0 aliphatic rings. The highest BCUT2D eigenvalue weighted by atomic mass is 16.5. The minimum Gasteiger partial charge on any atom is -0.474 e. The Balaban J connectivity index is 2.20. The van der Waals surface area contributed by atoms with Crippen LogP contribution in [0.1, 0.15) is 38.8 Å². The van der Waals surface area contributed by atoms with Crippen LogP contribution in [-0.4, -0.2) is 21.3 Å². The molecule has 1 atom stereocenters. The van der Waals surface area contributed by atoms with Crippen molar-refractivity contribution in [3.05, 3.63) is 18.0 Å². The van der Waals surface area contributed by atoms with E-state index >= 15 is 0 Å². The van der Waals surface area contributed by atoms with Gasteiger partial charge in [0.2, 0.25) is 5.88 Å². The molecule has 2 rings (SSSR count). The van der Waals surface area contributed by atoms with Gasteiger partial charge in [-0.15, -0.1) is 0 Å². The van der Waals surface area contributed by atoms with Crippen LogP contribution in [0.3, 0.4) is 0 Å². The van der Waals surface area contributed by atoms with Gasteiger partial charge in [-0.3, -0.25) is 5.10 Å². The van der Waals surface area contributed by atoms with Gasteiger partial charge in [0.15, 0.2) is 0 Å². The Hall–Kier alpha value is -1.58. The van der Waals surface area contributed by atoms with E-state index < -0.39 is 0 Å². The van der Waals surface area contributed by atoms with Gasteiger partial charge in [-0.2, -0.15) is 5.10 Å². The van der Waals surface area contributed by atoms with Gasteiger partial charge in [0, 0.05) is 11.9 Å². The number of hydrogen-bond acceptors (Lipinski definition) is 3. The van der Waals surface area contributed by atoms with E-state index in [1.165, 1.54) is 12.8 Å². The Morgan fingerprint density at radius 3 is 3.06 bits per heavy atom. The van der Waals surface area contributed by atoms with E-state index in [2.05, 4.69) is 29.0 Å². The number of fused-ring (bicyclic) bond motifs is 1. The van der Waals surface area contributed by atoms with Crippen LogP contribution in [-0.2, 0) is 0 Å². The maximum atomic E-state index is 5.90. The summed E-state index contributed by atoms with van der Waals surface area (Å²) >= 11 is 0. The molecule has 0 aliphatic heterocycles. The lowest BCUT2D eigenvalue weighted by Gasteiger charge is -2.13. The number of rotatable bonds is 5. The molecule has 2 aromatic rings. The summed E-state index contributed by atoms with van der Waals surface area (Å²) in [6.45, 7) is 6.26. The van der Waals surface area contributed by atoms with Gasteiger partial charge in [-0.05, 0) is 26.3 Å². The summed E-state index contributed by atoms with van der Waals surface area (Å²) in [6.07, 6.45) is 5.37. The third-order valence-corrected chi connectivity index (χ3v) is 2.89. The monoisotopic (exact) mass is 233 g/mol. The van der Waals surface area contributed by atoms with Crippen molar-refractivity contribution in [2.75, 3.05) is 0 Å². The van der Waals surface area contributed by atoms with E-state index in [9.17, 15) is 0 Å². The number of aromatic amines is 1. The van der Waals surface area contributed by atoms with Gasteiger partial charge in [-0.25, -0.2) is 4.98 Å². The first-order chi connectivity index (χ1) is 8.22. The van der Waals surface area contributed by atoms with Crippen molar-refractivity contribution in [3.63, 3.8) is 0 Å². The second-order valence-corrected chi connectivity index (χ2v) is 4.43. The number of pyridine rings is 1. The minimum absolute atomic E-state index is 0.197. The molecule has 17 heavy (non-hydrogen) atoms. The lowest BCUT2D eigenvalue weighted by Crippen LogP contribution is -2.12. The lowest BCUT2D eigenvalue weighted by atomic mass is 10.2. The highest BCUT2D eigenvalue weighted by molar-refractivity contribution is 5.85. The third-order valence-electron chi connectivity index (χ3n) is 2.89. The molecular formula is C13H19N3O. The molecule has 1 N–H and O–H groups in total. The fourth-order valence-corrected chi connectivity index (χ4v) is 1.91. The number of aromatic nitrogens is 3. The van der Waals surface area contributed by atoms with E-state index in [-0.39, 0.29) is 6.10 Å². The zero-order valence-electron chi connectivity index (χ0n) is 10.7. The number of ether oxygens (including phenoxy) is 1. The first-order valence-electron chi connectivity index (χ1n) is 6.18. The van der Waals surface area contributed by atoms with E-state index in [4.69, 9.17) is 4.74 Å². The van der Waals surface area contributed by atoms with E-state index in [0.717, 1.165) is 23.0 Å². The molecule has 0 fully saturated rings. The second-order valence-electron chi connectivity index (χ2n) is 4.43. The molecule has 0 aromatic carbocycles. The summed E-state index contributed by atoms with van der Waals surface area (Å²) in [6, 6.07) is 1.89. The van der Waals surface area contributed by atoms with Crippen LogP contribution < -0.4 is 4.74 Å². The molecule has 0 radical (unpaired) electrons. The fourth-order valence-electron chi connectivity index (χ4n) is 1.91. The zero-order valence-corrected chi connectivity index (χ0v) is 10.7. The summed E-state index contributed by atoms with van der Waals surface area (Å²) in [5.74, 6) is 0.692. The van der Waals surface area contributed by atoms with Gasteiger partial charge in [0.05, 0.1) is 17.0 Å². The van der Waals surface area contributed by atoms with Gasteiger partial charge < -0.3 is 4.74 Å². The standard InChI is InChI=1S/C13H19N3O/c1-4-5-6-9(2)17-13-12-10(3)15-16-11(12)7-8-14-13/h7-9H,4-6H2,1-3H3,(H,15,16)/t9-/m1/s1. The smallest absolute Gasteiger partial charge is 0.225 e. The fraction of sp³-hybridized carbons (Fsp3) is 0.538. The SMILES string of the molecule is CCCC[C@@H](C)Oc1nccc2n[nH]c(C)c12. The summed E-state index contributed by atoms with van der Waals surface area (Å²) < 4.78 is 5.90. The molecule has 4 heteroatoms. The van der Waals surface area contributed by atoms with Crippen LogP contribution in [0.2, 0.25) is 0 Å². The van der Waals surface area contributed by atoms with Crippen LogP contribution in [0.25, 0.3) is 10.9 Å². The first kappa shape index (κ1) is 11.9.